The number of nitrogens with zero attached hydrogens (tertiary/aromatic N) is 5. The number of likely N-dealkylation sites (tertiary alicyclic amines) is 2. The van der Waals surface area contributed by atoms with Crippen molar-refractivity contribution in [2.24, 2.45) is 12.5 Å². The minimum atomic E-state index is -0.277. The minimum Gasteiger partial charge on any atom is -0.379 e. The van der Waals surface area contributed by atoms with E-state index < -0.39 is 0 Å². The molecule has 2 N–H and O–H groups in total. The van der Waals surface area contributed by atoms with Gasteiger partial charge in [-0.1, -0.05) is 24.3 Å². The van der Waals surface area contributed by atoms with Crippen molar-refractivity contribution >= 4 is 45.0 Å². The van der Waals surface area contributed by atoms with E-state index in [0.29, 0.717) is 28.9 Å². The molecule has 3 aromatic rings. The summed E-state index contributed by atoms with van der Waals surface area (Å²) in [5.74, 6) is -0.299. The molecule has 7 rings (SSSR count). The maximum absolute atomic E-state index is 13.7. The zero-order valence-electron chi connectivity index (χ0n) is 27.5. The van der Waals surface area contributed by atoms with Gasteiger partial charge >= 0.3 is 0 Å². The highest BCUT2D eigenvalue weighted by molar-refractivity contribution is 9.10. The van der Waals surface area contributed by atoms with Gasteiger partial charge in [-0.05, 0) is 90.0 Å². The molecule has 4 saturated heterocycles. The number of carbonyl (C=O) groups excluding carboxylic acids is 3. The molecule has 4 atom stereocenters. The Morgan fingerprint density at radius 3 is 2.44 bits per heavy atom. The average Bonchev–Trinajstić information content (AvgIpc) is 3.71. The normalized spacial score (nSPS) is 26.3. The number of nitrogens with one attached hydrogen (secondary N) is 2. The molecule has 4 aliphatic heterocycles. The molecule has 11 nitrogen and oxygen atoms in total. The molecular weight excluding hydrogens is 674 g/mol. The number of rotatable bonds is 6. The largest absolute Gasteiger partial charge is 0.379 e. The Morgan fingerprint density at radius 2 is 1.69 bits per heavy atom. The van der Waals surface area contributed by atoms with Gasteiger partial charge < -0.3 is 20.0 Å². The summed E-state index contributed by atoms with van der Waals surface area (Å²) in [6, 6.07) is 16.5. The quantitative estimate of drug-likeness (QED) is 0.371. The summed E-state index contributed by atoms with van der Waals surface area (Å²) in [5.41, 5.74) is 4.62. The van der Waals surface area contributed by atoms with Gasteiger partial charge in [-0.15, -0.1) is 0 Å². The number of hydrogen-bond donors (Lipinski definition) is 2. The number of likely N-dealkylation sites (N-methyl/N-ethyl adjacent to an activating group) is 1. The van der Waals surface area contributed by atoms with Crippen LogP contribution in [0.4, 0.5) is 11.4 Å². The van der Waals surface area contributed by atoms with Crippen LogP contribution in [0.15, 0.2) is 64.0 Å². The first-order valence-electron chi connectivity index (χ1n) is 16.8. The molecule has 2 aromatic carbocycles. The Balaban J connectivity index is 0.950. The number of halogens is 1. The van der Waals surface area contributed by atoms with Gasteiger partial charge in [0.2, 0.25) is 11.8 Å². The Hall–Kier alpha value is -4.03. The van der Waals surface area contributed by atoms with E-state index in [9.17, 15) is 19.2 Å². The van der Waals surface area contributed by atoms with E-state index in [4.69, 9.17) is 0 Å². The standard InChI is InChI=1S/C36H42BrN7O4/c1-41-19-26(17-27(20-41)39-30-18-38-42(2)35(48)32(30)37)23-3-5-25(6-4-23)34(47)44-16-14-36(22-44)13-15-43(21-36)28-9-7-24(8-10-28)29-11-12-31(45)40-33(29)46/h3-10,18,26-27,29,39H,11-17,19-22H2,1-2H3,(H,40,45,46). The van der Waals surface area contributed by atoms with Gasteiger partial charge in [0, 0.05) is 75.4 Å². The van der Waals surface area contributed by atoms with Crippen molar-refractivity contribution in [3.8, 4) is 0 Å². The van der Waals surface area contributed by atoms with Crippen molar-refractivity contribution in [2.45, 2.75) is 50.0 Å². The van der Waals surface area contributed by atoms with Gasteiger partial charge in [0.15, 0.2) is 0 Å². The third-order valence-electron chi connectivity index (χ3n) is 10.8. The molecule has 5 heterocycles. The highest BCUT2D eigenvalue weighted by Crippen LogP contribution is 2.42. The third kappa shape index (κ3) is 6.52. The average molecular weight is 717 g/mol. The van der Waals surface area contributed by atoms with Crippen LogP contribution in [0.1, 0.15) is 65.4 Å². The first kappa shape index (κ1) is 32.5. The first-order valence-corrected chi connectivity index (χ1v) is 17.6. The van der Waals surface area contributed by atoms with Crippen molar-refractivity contribution in [1.29, 1.82) is 0 Å². The van der Waals surface area contributed by atoms with Crippen LogP contribution in [0, 0.1) is 5.41 Å². The Kier molecular flexibility index (Phi) is 8.88. The molecule has 4 fully saturated rings. The Bertz CT molecular complexity index is 1780. The number of amides is 3. The number of aryl methyl sites for hydroxylation is 1. The number of hydrogen-bond acceptors (Lipinski definition) is 8. The zero-order chi connectivity index (χ0) is 33.6. The maximum atomic E-state index is 13.7. The fourth-order valence-electron chi connectivity index (χ4n) is 8.10. The van der Waals surface area contributed by atoms with Gasteiger partial charge in [0.05, 0.1) is 17.8 Å². The second-order valence-corrected chi connectivity index (χ2v) is 15.0. The second kappa shape index (κ2) is 13.1. The summed E-state index contributed by atoms with van der Waals surface area (Å²) in [7, 11) is 3.75. The molecule has 48 heavy (non-hydrogen) atoms. The molecule has 1 aromatic heterocycles. The van der Waals surface area contributed by atoms with E-state index in [2.05, 4.69) is 72.8 Å². The van der Waals surface area contributed by atoms with Crippen LogP contribution in [0.5, 0.6) is 0 Å². The van der Waals surface area contributed by atoms with Crippen LogP contribution in [-0.4, -0.2) is 89.7 Å². The summed E-state index contributed by atoms with van der Waals surface area (Å²) in [5, 5.41) is 10.1. The monoisotopic (exact) mass is 715 g/mol. The minimum absolute atomic E-state index is 0.0834. The molecule has 3 amide bonds. The fourth-order valence-corrected chi connectivity index (χ4v) is 8.58. The lowest BCUT2D eigenvalue weighted by molar-refractivity contribution is -0.134. The van der Waals surface area contributed by atoms with Crippen LogP contribution < -0.4 is 21.1 Å². The van der Waals surface area contributed by atoms with Crippen molar-refractivity contribution in [3.05, 3.63) is 86.2 Å². The second-order valence-electron chi connectivity index (χ2n) is 14.2. The molecular formula is C36H42BrN7O4. The SMILES string of the molecule is CN1CC(Nc2cnn(C)c(=O)c2Br)CC(c2ccc(C(=O)N3CCC4(CCN(c5ccc(C6CCC(=O)NC6=O)cc5)C4)C3)cc2)C1. The highest BCUT2D eigenvalue weighted by Gasteiger charge is 2.45. The van der Waals surface area contributed by atoms with Crippen molar-refractivity contribution in [3.63, 3.8) is 0 Å². The van der Waals surface area contributed by atoms with Crippen LogP contribution in [0.3, 0.4) is 0 Å². The number of imide groups is 1. The molecule has 4 aliphatic rings. The smallest absolute Gasteiger partial charge is 0.282 e. The lowest BCUT2D eigenvalue weighted by atomic mass is 9.86. The Morgan fingerprint density at radius 1 is 0.958 bits per heavy atom. The summed E-state index contributed by atoms with van der Waals surface area (Å²) < 4.78 is 1.80. The van der Waals surface area contributed by atoms with E-state index in [1.807, 2.05) is 29.2 Å². The molecule has 0 aliphatic carbocycles. The summed E-state index contributed by atoms with van der Waals surface area (Å²) in [4.78, 5) is 56.5. The molecule has 0 saturated carbocycles. The van der Waals surface area contributed by atoms with E-state index in [0.717, 1.165) is 75.3 Å². The predicted octanol–water partition coefficient (Wildman–Crippen LogP) is 3.71. The van der Waals surface area contributed by atoms with Gasteiger partial charge in [-0.2, -0.15) is 5.10 Å². The highest BCUT2D eigenvalue weighted by atomic mass is 79.9. The van der Waals surface area contributed by atoms with Gasteiger partial charge in [-0.25, -0.2) is 4.68 Å². The van der Waals surface area contributed by atoms with Gasteiger partial charge in [0.1, 0.15) is 4.47 Å². The Labute approximate surface area is 288 Å². The molecule has 1 spiro atoms. The number of aromatic nitrogens is 2. The van der Waals surface area contributed by atoms with Crippen LogP contribution in [0.25, 0.3) is 0 Å². The zero-order valence-corrected chi connectivity index (χ0v) is 29.0. The molecule has 252 valence electrons. The van der Waals surface area contributed by atoms with Gasteiger partial charge in [0.25, 0.3) is 11.5 Å². The predicted molar refractivity (Wildman–Crippen MR) is 187 cm³/mol. The van der Waals surface area contributed by atoms with E-state index >= 15 is 0 Å². The van der Waals surface area contributed by atoms with Crippen molar-refractivity contribution in [2.75, 3.05) is 56.5 Å². The van der Waals surface area contributed by atoms with E-state index in [1.54, 1.807) is 13.2 Å². The molecule has 12 heteroatoms. The maximum Gasteiger partial charge on any atom is 0.282 e. The summed E-state index contributed by atoms with van der Waals surface area (Å²) >= 11 is 3.43. The van der Waals surface area contributed by atoms with Crippen LogP contribution >= 0.6 is 15.9 Å². The van der Waals surface area contributed by atoms with Crippen molar-refractivity contribution in [1.82, 2.24) is 24.9 Å². The number of benzene rings is 2. The van der Waals surface area contributed by atoms with Crippen LogP contribution in [-0.2, 0) is 16.6 Å². The molecule has 4 unspecified atom stereocenters. The van der Waals surface area contributed by atoms with E-state index in [-0.39, 0.29) is 40.7 Å². The third-order valence-corrected chi connectivity index (χ3v) is 11.5. The first-order chi connectivity index (χ1) is 23.1. The summed E-state index contributed by atoms with van der Waals surface area (Å²) in [6.07, 6.45) is 5.55. The lowest BCUT2D eigenvalue weighted by Gasteiger charge is -2.37. The number of carbonyl (C=O) groups is 3. The van der Waals surface area contributed by atoms with E-state index in [1.165, 1.54) is 10.2 Å². The lowest BCUT2D eigenvalue weighted by Crippen LogP contribution is -2.43. The molecule has 0 bridgehead atoms. The topological polar surface area (TPSA) is 120 Å². The van der Waals surface area contributed by atoms with Gasteiger partial charge in [-0.3, -0.25) is 24.5 Å². The van der Waals surface area contributed by atoms with Crippen LogP contribution in [0.2, 0.25) is 0 Å². The number of anilines is 2. The van der Waals surface area contributed by atoms with Crippen molar-refractivity contribution < 1.29 is 14.4 Å². The summed E-state index contributed by atoms with van der Waals surface area (Å²) in [6.45, 7) is 5.14. The molecule has 0 radical (unpaired) electrons. The number of piperidine rings is 2. The fraction of sp³-hybridized carbons (Fsp3) is 0.472.